The number of methoxy groups -OCH3 is 1. The molecule has 0 aliphatic rings. The fourth-order valence-electron chi connectivity index (χ4n) is 1.41. The Kier molecular flexibility index (Phi) is 6.18. The van der Waals surface area contributed by atoms with E-state index in [4.69, 9.17) is 21.6 Å². The summed E-state index contributed by atoms with van der Waals surface area (Å²) in [7, 11) is -2.21. The Morgan fingerprint density at radius 1 is 1.53 bits per heavy atom. The van der Waals surface area contributed by atoms with Crippen LogP contribution in [0.5, 0.6) is 0 Å². The molecular formula is C11H14ClN3O3S. The highest BCUT2D eigenvalue weighted by molar-refractivity contribution is 7.89. The predicted molar refractivity (Wildman–Crippen MR) is 70.1 cm³/mol. The van der Waals surface area contributed by atoms with E-state index in [1.807, 2.05) is 6.07 Å². The van der Waals surface area contributed by atoms with E-state index in [0.717, 1.165) is 0 Å². The summed E-state index contributed by atoms with van der Waals surface area (Å²) in [5.74, 6) is 0. The van der Waals surface area contributed by atoms with E-state index in [-0.39, 0.29) is 36.2 Å². The van der Waals surface area contributed by atoms with E-state index in [0.29, 0.717) is 0 Å². The molecule has 0 fully saturated rings. The summed E-state index contributed by atoms with van der Waals surface area (Å²) in [6, 6.07) is 4.57. The third-order valence-corrected chi connectivity index (χ3v) is 4.45. The van der Waals surface area contributed by atoms with Gasteiger partial charge in [-0.3, -0.25) is 0 Å². The molecule has 0 aliphatic carbocycles. The molecule has 0 bridgehead atoms. The number of nitrogens with zero attached hydrogens (tertiary/aromatic N) is 3. The predicted octanol–water partition coefficient (Wildman–Crippen LogP) is 1.29. The van der Waals surface area contributed by atoms with Crippen molar-refractivity contribution < 1.29 is 13.2 Å². The van der Waals surface area contributed by atoms with Crippen LogP contribution in [0.25, 0.3) is 0 Å². The van der Waals surface area contributed by atoms with E-state index >= 15 is 0 Å². The molecule has 0 amide bonds. The molecule has 8 heteroatoms. The van der Waals surface area contributed by atoms with Gasteiger partial charge in [-0.15, -0.1) is 0 Å². The summed E-state index contributed by atoms with van der Waals surface area (Å²) in [4.78, 5) is 3.80. The van der Waals surface area contributed by atoms with Crippen LogP contribution in [-0.4, -0.2) is 44.5 Å². The van der Waals surface area contributed by atoms with Gasteiger partial charge in [-0.05, 0) is 12.1 Å². The lowest BCUT2D eigenvalue weighted by molar-refractivity contribution is 0.179. The lowest BCUT2D eigenvalue weighted by Gasteiger charge is -2.20. The Morgan fingerprint density at radius 3 is 2.84 bits per heavy atom. The first-order chi connectivity index (χ1) is 9.02. The summed E-state index contributed by atoms with van der Waals surface area (Å²) in [5, 5.41) is 8.69. The third kappa shape index (κ3) is 4.44. The molecule has 0 unspecified atom stereocenters. The van der Waals surface area contributed by atoms with Gasteiger partial charge in [-0.25, -0.2) is 13.4 Å². The molecule has 0 aliphatic heterocycles. The van der Waals surface area contributed by atoms with Crippen LogP contribution in [0.3, 0.4) is 0 Å². The third-order valence-electron chi connectivity index (χ3n) is 2.35. The summed E-state index contributed by atoms with van der Waals surface area (Å²) in [5.41, 5.74) is 0. The van der Waals surface area contributed by atoms with Gasteiger partial charge in [0.2, 0.25) is 10.0 Å². The molecule has 0 aromatic carbocycles. The Morgan fingerprint density at radius 2 is 2.26 bits per heavy atom. The van der Waals surface area contributed by atoms with Crippen LogP contribution in [-0.2, 0) is 14.8 Å². The van der Waals surface area contributed by atoms with Gasteiger partial charge in [0.15, 0.2) is 0 Å². The van der Waals surface area contributed by atoms with Crippen LogP contribution >= 0.6 is 11.6 Å². The Balaban J connectivity index is 3.01. The molecule has 1 aromatic rings. The summed E-state index contributed by atoms with van der Waals surface area (Å²) in [6.45, 7) is 0.548. The van der Waals surface area contributed by atoms with Crippen LogP contribution in [0.1, 0.15) is 6.42 Å². The zero-order valence-electron chi connectivity index (χ0n) is 10.4. The van der Waals surface area contributed by atoms with Crippen molar-refractivity contribution in [3.05, 3.63) is 23.5 Å². The summed E-state index contributed by atoms with van der Waals surface area (Å²) < 4.78 is 30.8. The Hall–Kier alpha value is -1.20. The number of pyridine rings is 1. The topological polar surface area (TPSA) is 83.3 Å². The molecule has 0 N–H and O–H groups in total. The van der Waals surface area contributed by atoms with E-state index in [1.54, 1.807) is 0 Å². The lowest BCUT2D eigenvalue weighted by Crippen LogP contribution is -2.34. The van der Waals surface area contributed by atoms with E-state index < -0.39 is 10.0 Å². The van der Waals surface area contributed by atoms with E-state index in [2.05, 4.69) is 4.98 Å². The van der Waals surface area contributed by atoms with E-state index in [9.17, 15) is 8.42 Å². The minimum atomic E-state index is -3.69. The van der Waals surface area contributed by atoms with Gasteiger partial charge in [0.1, 0.15) is 5.15 Å². The van der Waals surface area contributed by atoms with Crippen molar-refractivity contribution in [1.29, 1.82) is 5.26 Å². The highest BCUT2D eigenvalue weighted by Crippen LogP contribution is 2.18. The molecule has 19 heavy (non-hydrogen) atoms. The molecule has 1 rings (SSSR count). The molecule has 0 atom stereocenters. The second-order valence-electron chi connectivity index (χ2n) is 3.62. The molecule has 0 radical (unpaired) electrons. The van der Waals surface area contributed by atoms with Crippen molar-refractivity contribution in [2.75, 3.05) is 26.8 Å². The van der Waals surface area contributed by atoms with Crippen LogP contribution in [0.4, 0.5) is 0 Å². The second-order valence-corrected chi connectivity index (χ2v) is 5.94. The van der Waals surface area contributed by atoms with E-state index in [1.165, 1.54) is 29.7 Å². The van der Waals surface area contributed by atoms with Gasteiger partial charge >= 0.3 is 0 Å². The maximum atomic E-state index is 12.4. The number of aromatic nitrogens is 1. The number of hydrogen-bond donors (Lipinski definition) is 0. The second kappa shape index (κ2) is 7.40. The number of rotatable bonds is 7. The SMILES string of the molecule is COCCN(CCC#N)S(=O)(=O)c1ccnc(Cl)c1. The minimum Gasteiger partial charge on any atom is -0.383 e. The molecule has 6 nitrogen and oxygen atoms in total. The fraction of sp³-hybridized carbons (Fsp3) is 0.455. The molecule has 0 saturated heterocycles. The molecule has 1 heterocycles. The van der Waals surface area contributed by atoms with Crippen LogP contribution in [0.2, 0.25) is 5.15 Å². The van der Waals surface area contributed by atoms with Gasteiger partial charge in [-0.2, -0.15) is 9.57 Å². The molecular weight excluding hydrogens is 290 g/mol. The largest absolute Gasteiger partial charge is 0.383 e. The van der Waals surface area contributed by atoms with Gasteiger partial charge in [0, 0.05) is 32.8 Å². The van der Waals surface area contributed by atoms with Crippen molar-refractivity contribution in [3.8, 4) is 6.07 Å². The number of ether oxygens (including phenoxy) is 1. The molecule has 0 saturated carbocycles. The zero-order valence-corrected chi connectivity index (χ0v) is 12.0. The highest BCUT2D eigenvalue weighted by atomic mass is 35.5. The number of sulfonamides is 1. The van der Waals surface area contributed by atoms with Crippen molar-refractivity contribution in [3.63, 3.8) is 0 Å². The van der Waals surface area contributed by atoms with Crippen LogP contribution < -0.4 is 0 Å². The molecule has 104 valence electrons. The minimum absolute atomic E-state index is 0.0570. The highest BCUT2D eigenvalue weighted by Gasteiger charge is 2.24. The Labute approximate surface area is 117 Å². The maximum absolute atomic E-state index is 12.4. The van der Waals surface area contributed by atoms with Crippen LogP contribution in [0, 0.1) is 11.3 Å². The first-order valence-corrected chi connectivity index (χ1v) is 7.31. The van der Waals surface area contributed by atoms with Crippen LogP contribution in [0.15, 0.2) is 23.2 Å². The van der Waals surface area contributed by atoms with Gasteiger partial charge < -0.3 is 4.74 Å². The van der Waals surface area contributed by atoms with Crippen molar-refractivity contribution in [1.82, 2.24) is 9.29 Å². The molecule has 1 aromatic heterocycles. The van der Waals surface area contributed by atoms with Crippen molar-refractivity contribution >= 4 is 21.6 Å². The maximum Gasteiger partial charge on any atom is 0.243 e. The standard InChI is InChI=1S/C11H14ClN3O3S/c1-18-8-7-15(6-2-4-13)19(16,17)10-3-5-14-11(12)9-10/h3,5,9H,2,6-8H2,1H3. The average Bonchev–Trinajstić information content (AvgIpc) is 2.38. The lowest BCUT2D eigenvalue weighted by atomic mass is 10.4. The van der Waals surface area contributed by atoms with Crippen molar-refractivity contribution in [2.45, 2.75) is 11.3 Å². The van der Waals surface area contributed by atoms with Crippen molar-refractivity contribution in [2.24, 2.45) is 0 Å². The zero-order chi connectivity index (χ0) is 14.3. The van der Waals surface area contributed by atoms with Gasteiger partial charge in [0.05, 0.1) is 17.6 Å². The number of hydrogen-bond acceptors (Lipinski definition) is 5. The average molecular weight is 304 g/mol. The fourth-order valence-corrected chi connectivity index (χ4v) is 3.09. The molecule has 0 spiro atoms. The monoisotopic (exact) mass is 303 g/mol. The first kappa shape index (κ1) is 15.9. The Bertz CT molecular complexity index is 557. The normalized spacial score (nSPS) is 11.5. The summed E-state index contributed by atoms with van der Waals surface area (Å²) >= 11 is 5.69. The smallest absolute Gasteiger partial charge is 0.243 e. The number of halogens is 1. The van der Waals surface area contributed by atoms with Gasteiger partial charge in [-0.1, -0.05) is 11.6 Å². The summed E-state index contributed by atoms with van der Waals surface area (Å²) in [6.07, 6.45) is 1.44. The number of nitriles is 1. The quantitative estimate of drug-likeness (QED) is 0.709. The van der Waals surface area contributed by atoms with Gasteiger partial charge in [0.25, 0.3) is 0 Å². The first-order valence-electron chi connectivity index (χ1n) is 5.50.